The van der Waals surface area contributed by atoms with Gasteiger partial charge < -0.3 is 19.4 Å². The predicted octanol–water partition coefficient (Wildman–Crippen LogP) is 3.92. The number of aromatic hydroxyl groups is 1. The van der Waals surface area contributed by atoms with Gasteiger partial charge in [-0.2, -0.15) is 0 Å². The van der Waals surface area contributed by atoms with E-state index in [1.165, 1.54) is 0 Å². The summed E-state index contributed by atoms with van der Waals surface area (Å²) in [5.74, 6) is 0.862. The van der Waals surface area contributed by atoms with E-state index in [1.54, 1.807) is 37.6 Å². The molecule has 0 saturated heterocycles. The van der Waals surface area contributed by atoms with Gasteiger partial charge in [0, 0.05) is 18.2 Å². The van der Waals surface area contributed by atoms with Crippen LogP contribution in [0.2, 0.25) is 0 Å². The summed E-state index contributed by atoms with van der Waals surface area (Å²) >= 11 is 0. The first-order chi connectivity index (χ1) is 13.7. The van der Waals surface area contributed by atoms with Gasteiger partial charge >= 0.3 is 0 Å². The van der Waals surface area contributed by atoms with E-state index in [2.05, 4.69) is 10.3 Å². The van der Waals surface area contributed by atoms with Crippen molar-refractivity contribution in [2.24, 2.45) is 0 Å². The Balaban J connectivity index is 1.77. The van der Waals surface area contributed by atoms with Crippen LogP contribution < -0.4 is 5.32 Å². The van der Waals surface area contributed by atoms with Crippen molar-refractivity contribution in [3.05, 3.63) is 84.6 Å². The number of carbonyl (C=O) groups is 1. The lowest BCUT2D eigenvalue weighted by molar-refractivity contribution is 0.0933. The second-order valence-corrected chi connectivity index (χ2v) is 6.33. The number of benzene rings is 2. The van der Waals surface area contributed by atoms with Crippen LogP contribution in [-0.2, 0) is 6.54 Å². The number of aromatic nitrogens is 2. The molecule has 140 valence electrons. The van der Waals surface area contributed by atoms with Gasteiger partial charge in [0.05, 0.1) is 24.3 Å². The minimum atomic E-state index is -0.263. The number of imidazole rings is 1. The molecule has 6 heteroatoms. The minimum absolute atomic E-state index is 0.206. The smallest absolute Gasteiger partial charge is 0.286 e. The summed E-state index contributed by atoms with van der Waals surface area (Å²) in [5, 5.41) is 12.2. The number of rotatable bonds is 5. The number of nitrogens with zero attached hydrogens (tertiary/aromatic N) is 2. The molecule has 2 N–H and O–H groups in total. The topological polar surface area (TPSA) is 80.3 Å². The number of nitrogens with one attached hydrogen (secondary N) is 1. The van der Waals surface area contributed by atoms with Crippen LogP contribution in [0.3, 0.4) is 0 Å². The van der Waals surface area contributed by atoms with E-state index in [0.29, 0.717) is 12.3 Å². The molecular formula is C22H19N3O3. The molecule has 0 aliphatic rings. The first kappa shape index (κ1) is 17.6. The number of hydrogen-bond acceptors (Lipinski definition) is 4. The lowest BCUT2D eigenvalue weighted by Gasteiger charge is -2.10. The zero-order chi connectivity index (χ0) is 19.5. The molecule has 0 unspecified atom stereocenters. The third-order valence-electron chi connectivity index (χ3n) is 4.46. The monoisotopic (exact) mass is 373 g/mol. The molecule has 28 heavy (non-hydrogen) atoms. The van der Waals surface area contributed by atoms with Crippen molar-refractivity contribution < 1.29 is 14.3 Å². The van der Waals surface area contributed by atoms with Crippen molar-refractivity contribution in [3.63, 3.8) is 0 Å². The Hall–Kier alpha value is -3.80. The molecule has 0 aliphatic carbocycles. The number of amides is 1. The van der Waals surface area contributed by atoms with Crippen LogP contribution in [0, 0.1) is 0 Å². The van der Waals surface area contributed by atoms with Crippen molar-refractivity contribution in [1.29, 1.82) is 0 Å². The summed E-state index contributed by atoms with van der Waals surface area (Å²) < 4.78 is 7.64. The Morgan fingerprint density at radius 1 is 1.04 bits per heavy atom. The Bertz CT molecular complexity index is 1100. The fraction of sp³-hybridized carbons (Fsp3) is 0.0909. The third-order valence-corrected chi connectivity index (χ3v) is 4.46. The molecule has 6 nitrogen and oxygen atoms in total. The fourth-order valence-electron chi connectivity index (χ4n) is 3.11. The molecule has 0 saturated carbocycles. The summed E-state index contributed by atoms with van der Waals surface area (Å²) in [5.41, 5.74) is 3.66. The molecule has 0 radical (unpaired) electrons. The van der Waals surface area contributed by atoms with Gasteiger partial charge in [-0.3, -0.25) is 4.79 Å². The van der Waals surface area contributed by atoms with Gasteiger partial charge in [0.1, 0.15) is 11.5 Å². The van der Waals surface area contributed by atoms with Gasteiger partial charge in [-0.1, -0.05) is 30.3 Å². The highest BCUT2D eigenvalue weighted by Gasteiger charge is 2.17. The quantitative estimate of drug-likeness (QED) is 0.556. The largest absolute Gasteiger partial charge is 0.508 e. The van der Waals surface area contributed by atoms with Crippen LogP contribution in [-0.4, -0.2) is 27.6 Å². The molecule has 0 atom stereocenters. The van der Waals surface area contributed by atoms with Crippen LogP contribution >= 0.6 is 0 Å². The van der Waals surface area contributed by atoms with E-state index in [4.69, 9.17) is 4.42 Å². The van der Waals surface area contributed by atoms with Crippen molar-refractivity contribution in [2.75, 3.05) is 7.05 Å². The number of phenolic OH excluding ortho intramolecular Hbond substituents is 1. The lowest BCUT2D eigenvalue weighted by Crippen LogP contribution is -2.16. The third kappa shape index (κ3) is 3.40. The molecule has 4 rings (SSSR count). The Labute approximate surface area is 162 Å². The SMILES string of the molecule is CNC(=O)c1ccc(Cn2cnc(-c3ccccc3)c2-c2ccc(O)cc2)o1. The minimum Gasteiger partial charge on any atom is -0.508 e. The summed E-state index contributed by atoms with van der Waals surface area (Å²) in [6.45, 7) is 0.424. The molecule has 0 spiro atoms. The second kappa shape index (κ2) is 7.44. The van der Waals surface area contributed by atoms with Gasteiger partial charge in [0.25, 0.3) is 5.91 Å². The van der Waals surface area contributed by atoms with Crippen LogP contribution in [0.25, 0.3) is 22.5 Å². The van der Waals surface area contributed by atoms with Crippen LogP contribution in [0.5, 0.6) is 5.75 Å². The Morgan fingerprint density at radius 2 is 1.79 bits per heavy atom. The van der Waals surface area contributed by atoms with Crippen molar-refractivity contribution >= 4 is 5.91 Å². The maximum atomic E-state index is 11.7. The van der Waals surface area contributed by atoms with Gasteiger partial charge in [0.2, 0.25) is 0 Å². The summed E-state index contributed by atoms with van der Waals surface area (Å²) in [7, 11) is 1.56. The van der Waals surface area contributed by atoms with E-state index in [0.717, 1.165) is 22.5 Å². The molecule has 2 aromatic carbocycles. The van der Waals surface area contributed by atoms with Crippen molar-refractivity contribution in [3.8, 4) is 28.3 Å². The van der Waals surface area contributed by atoms with Crippen LogP contribution in [0.1, 0.15) is 16.3 Å². The summed E-state index contributed by atoms with van der Waals surface area (Å²) in [4.78, 5) is 16.4. The van der Waals surface area contributed by atoms with Gasteiger partial charge in [-0.25, -0.2) is 4.98 Å². The summed E-state index contributed by atoms with van der Waals surface area (Å²) in [6.07, 6.45) is 1.76. The molecule has 0 bridgehead atoms. The lowest BCUT2D eigenvalue weighted by atomic mass is 10.0. The highest BCUT2D eigenvalue weighted by Crippen LogP contribution is 2.32. The van der Waals surface area contributed by atoms with Crippen LogP contribution in [0.15, 0.2) is 77.5 Å². The molecule has 1 amide bonds. The van der Waals surface area contributed by atoms with E-state index < -0.39 is 0 Å². The van der Waals surface area contributed by atoms with E-state index in [9.17, 15) is 9.90 Å². The zero-order valence-corrected chi connectivity index (χ0v) is 15.3. The Morgan fingerprint density at radius 3 is 2.50 bits per heavy atom. The van der Waals surface area contributed by atoms with Gasteiger partial charge in [0.15, 0.2) is 5.76 Å². The predicted molar refractivity (Wildman–Crippen MR) is 106 cm³/mol. The van der Waals surface area contributed by atoms with Gasteiger partial charge in [-0.05, 0) is 36.4 Å². The molecular weight excluding hydrogens is 354 g/mol. The number of hydrogen-bond donors (Lipinski definition) is 2. The van der Waals surface area contributed by atoms with E-state index in [1.807, 2.05) is 47.0 Å². The number of furan rings is 1. The maximum absolute atomic E-state index is 11.7. The first-order valence-corrected chi connectivity index (χ1v) is 8.86. The average molecular weight is 373 g/mol. The van der Waals surface area contributed by atoms with Crippen molar-refractivity contribution in [1.82, 2.24) is 14.9 Å². The fourth-order valence-corrected chi connectivity index (χ4v) is 3.11. The molecule has 2 aromatic heterocycles. The first-order valence-electron chi connectivity index (χ1n) is 8.86. The highest BCUT2D eigenvalue weighted by atomic mass is 16.4. The molecule has 0 aliphatic heterocycles. The van der Waals surface area contributed by atoms with E-state index in [-0.39, 0.29) is 17.4 Å². The average Bonchev–Trinajstić information content (AvgIpc) is 3.36. The molecule has 0 fully saturated rings. The highest BCUT2D eigenvalue weighted by molar-refractivity contribution is 5.91. The number of carbonyl (C=O) groups excluding carboxylic acids is 1. The van der Waals surface area contributed by atoms with Gasteiger partial charge in [-0.15, -0.1) is 0 Å². The van der Waals surface area contributed by atoms with Crippen LogP contribution in [0.4, 0.5) is 0 Å². The Kier molecular flexibility index (Phi) is 4.68. The summed E-state index contributed by atoms with van der Waals surface area (Å²) in [6, 6.07) is 20.4. The normalized spacial score (nSPS) is 10.8. The molecule has 2 heterocycles. The second-order valence-electron chi connectivity index (χ2n) is 6.33. The number of phenols is 1. The zero-order valence-electron chi connectivity index (χ0n) is 15.3. The van der Waals surface area contributed by atoms with E-state index >= 15 is 0 Å². The standard InChI is InChI=1S/C22H19N3O3/c1-23-22(27)19-12-11-18(28-19)13-25-14-24-20(15-5-3-2-4-6-15)21(25)16-7-9-17(26)10-8-16/h2-12,14,26H,13H2,1H3,(H,23,27). The van der Waals surface area contributed by atoms with Crippen molar-refractivity contribution in [2.45, 2.75) is 6.54 Å². The molecule has 4 aromatic rings. The maximum Gasteiger partial charge on any atom is 0.286 e.